The Morgan fingerprint density at radius 2 is 2.05 bits per heavy atom. The van der Waals surface area contributed by atoms with Crippen LogP contribution in [0.25, 0.3) is 0 Å². The SMILES string of the molecule is N#CCNC(=O)CS(=O)(=O)c1ccc(C(=O)O)c(Cl)c1. The maximum absolute atomic E-state index is 11.9. The van der Waals surface area contributed by atoms with Gasteiger partial charge in [0.25, 0.3) is 0 Å². The molecule has 106 valence electrons. The highest BCUT2D eigenvalue weighted by atomic mass is 35.5. The predicted molar refractivity (Wildman–Crippen MR) is 69.1 cm³/mol. The lowest BCUT2D eigenvalue weighted by molar-refractivity contribution is -0.118. The lowest BCUT2D eigenvalue weighted by Gasteiger charge is -2.06. The number of hydrogen-bond donors (Lipinski definition) is 2. The number of rotatable bonds is 5. The van der Waals surface area contributed by atoms with Gasteiger partial charge in [-0.1, -0.05) is 11.6 Å². The van der Waals surface area contributed by atoms with Crippen LogP contribution < -0.4 is 5.32 Å². The van der Waals surface area contributed by atoms with Crippen LogP contribution in [0.2, 0.25) is 5.02 Å². The van der Waals surface area contributed by atoms with Gasteiger partial charge in [0.05, 0.1) is 21.6 Å². The molecule has 0 aliphatic heterocycles. The number of nitriles is 1. The second-order valence-corrected chi connectivity index (χ2v) is 6.04. The van der Waals surface area contributed by atoms with E-state index in [1.54, 1.807) is 6.07 Å². The summed E-state index contributed by atoms with van der Waals surface area (Å²) < 4.78 is 23.8. The van der Waals surface area contributed by atoms with E-state index in [1.165, 1.54) is 0 Å². The summed E-state index contributed by atoms with van der Waals surface area (Å²) in [6.07, 6.45) is 0. The van der Waals surface area contributed by atoms with Crippen LogP contribution in [0.5, 0.6) is 0 Å². The summed E-state index contributed by atoms with van der Waals surface area (Å²) in [7, 11) is -3.95. The van der Waals surface area contributed by atoms with Gasteiger partial charge in [0.1, 0.15) is 12.3 Å². The monoisotopic (exact) mass is 316 g/mol. The van der Waals surface area contributed by atoms with E-state index < -0.39 is 27.5 Å². The normalized spacial score (nSPS) is 10.6. The highest BCUT2D eigenvalue weighted by Crippen LogP contribution is 2.21. The minimum absolute atomic E-state index is 0.237. The number of nitrogens with zero attached hydrogens (tertiary/aromatic N) is 1. The highest BCUT2D eigenvalue weighted by molar-refractivity contribution is 7.92. The van der Waals surface area contributed by atoms with Crippen LogP contribution in [0.15, 0.2) is 23.1 Å². The summed E-state index contributed by atoms with van der Waals surface area (Å²) in [6.45, 7) is -0.299. The molecule has 0 atom stereocenters. The van der Waals surface area contributed by atoms with Crippen molar-refractivity contribution in [3.8, 4) is 6.07 Å². The minimum Gasteiger partial charge on any atom is -0.478 e. The number of carboxylic acid groups (broad SMARTS) is 1. The molecule has 0 spiro atoms. The van der Waals surface area contributed by atoms with Gasteiger partial charge in [0.15, 0.2) is 9.84 Å². The lowest BCUT2D eigenvalue weighted by Crippen LogP contribution is -2.30. The van der Waals surface area contributed by atoms with Crippen molar-refractivity contribution in [1.29, 1.82) is 5.26 Å². The number of halogens is 1. The standard InChI is InChI=1S/C11H9ClN2O5S/c12-9-5-7(1-2-8(9)11(16)17)20(18,19)6-10(15)14-4-3-13/h1-2,5H,4,6H2,(H,14,15)(H,16,17). The second kappa shape index (κ2) is 6.36. The average Bonchev–Trinajstić information content (AvgIpc) is 2.35. The third kappa shape index (κ3) is 3.94. The maximum atomic E-state index is 11.9. The van der Waals surface area contributed by atoms with E-state index in [0.717, 1.165) is 18.2 Å². The van der Waals surface area contributed by atoms with Crippen LogP contribution in [0, 0.1) is 11.3 Å². The molecule has 0 aromatic heterocycles. The fourth-order valence-corrected chi connectivity index (χ4v) is 2.82. The summed E-state index contributed by atoms with van der Waals surface area (Å²) in [4.78, 5) is 21.8. The first-order valence-corrected chi connectivity index (χ1v) is 7.20. The van der Waals surface area contributed by atoms with Crippen molar-refractivity contribution in [2.75, 3.05) is 12.3 Å². The Bertz CT molecular complexity index is 693. The first-order valence-electron chi connectivity index (χ1n) is 5.17. The van der Waals surface area contributed by atoms with Crippen molar-refractivity contribution in [3.63, 3.8) is 0 Å². The van der Waals surface area contributed by atoms with E-state index in [1.807, 2.05) is 0 Å². The van der Waals surface area contributed by atoms with Crippen molar-refractivity contribution in [3.05, 3.63) is 28.8 Å². The number of amides is 1. The molecule has 0 aliphatic carbocycles. The van der Waals surface area contributed by atoms with Crippen molar-refractivity contribution in [2.45, 2.75) is 4.90 Å². The molecule has 1 aromatic carbocycles. The number of hydrogen-bond acceptors (Lipinski definition) is 5. The molecule has 1 amide bonds. The van der Waals surface area contributed by atoms with E-state index in [-0.39, 0.29) is 22.0 Å². The number of carboxylic acids is 1. The molecule has 9 heteroatoms. The molecule has 0 fully saturated rings. The Labute approximate surface area is 119 Å². The number of aromatic carboxylic acids is 1. The van der Waals surface area contributed by atoms with Gasteiger partial charge in [-0.2, -0.15) is 5.26 Å². The Morgan fingerprint density at radius 1 is 1.40 bits per heavy atom. The molecule has 1 rings (SSSR count). The zero-order valence-electron chi connectivity index (χ0n) is 9.96. The molecular formula is C11H9ClN2O5S. The second-order valence-electron chi connectivity index (χ2n) is 3.64. The average molecular weight is 317 g/mol. The zero-order chi connectivity index (χ0) is 15.3. The largest absolute Gasteiger partial charge is 0.478 e. The third-order valence-electron chi connectivity index (χ3n) is 2.22. The highest BCUT2D eigenvalue weighted by Gasteiger charge is 2.21. The summed E-state index contributed by atoms with van der Waals surface area (Å²) in [5.74, 6) is -2.96. The van der Waals surface area contributed by atoms with Crippen LogP contribution in [-0.2, 0) is 14.6 Å². The lowest BCUT2D eigenvalue weighted by atomic mass is 10.2. The molecule has 1 aromatic rings. The van der Waals surface area contributed by atoms with Gasteiger partial charge in [-0.15, -0.1) is 0 Å². The molecule has 0 radical (unpaired) electrons. The van der Waals surface area contributed by atoms with Gasteiger partial charge in [-0.3, -0.25) is 4.79 Å². The Kier molecular flexibility index (Phi) is 5.07. The topological polar surface area (TPSA) is 124 Å². The van der Waals surface area contributed by atoms with Crippen LogP contribution in [-0.4, -0.2) is 37.7 Å². The molecule has 0 bridgehead atoms. The fraction of sp³-hybridized carbons (Fsp3) is 0.182. The Hall–Kier alpha value is -2.11. The molecule has 0 saturated heterocycles. The number of benzene rings is 1. The third-order valence-corrected chi connectivity index (χ3v) is 4.14. The maximum Gasteiger partial charge on any atom is 0.337 e. The van der Waals surface area contributed by atoms with E-state index in [4.69, 9.17) is 22.0 Å². The van der Waals surface area contributed by atoms with E-state index >= 15 is 0 Å². The van der Waals surface area contributed by atoms with Gasteiger partial charge in [0, 0.05) is 0 Å². The Balaban J connectivity index is 3.00. The molecule has 0 unspecified atom stereocenters. The van der Waals surface area contributed by atoms with Gasteiger partial charge in [-0.25, -0.2) is 13.2 Å². The summed E-state index contributed by atoms with van der Waals surface area (Å²) in [5.41, 5.74) is -0.237. The van der Waals surface area contributed by atoms with E-state index in [9.17, 15) is 18.0 Å². The smallest absolute Gasteiger partial charge is 0.337 e. The number of carbonyl (C=O) groups is 2. The summed E-state index contributed by atoms with van der Waals surface area (Å²) in [6, 6.07) is 4.71. The molecule has 0 aliphatic rings. The van der Waals surface area contributed by atoms with Gasteiger partial charge < -0.3 is 10.4 Å². The quantitative estimate of drug-likeness (QED) is 0.760. The van der Waals surface area contributed by atoms with Gasteiger partial charge in [0.2, 0.25) is 5.91 Å². The molecular weight excluding hydrogens is 308 g/mol. The first-order chi connectivity index (χ1) is 9.27. The first kappa shape index (κ1) is 15.9. The minimum atomic E-state index is -3.95. The summed E-state index contributed by atoms with van der Waals surface area (Å²) >= 11 is 5.66. The number of nitrogens with one attached hydrogen (secondary N) is 1. The fourth-order valence-electron chi connectivity index (χ4n) is 1.31. The van der Waals surface area contributed by atoms with E-state index in [2.05, 4.69) is 5.32 Å². The van der Waals surface area contributed by atoms with Crippen LogP contribution in [0.1, 0.15) is 10.4 Å². The van der Waals surface area contributed by atoms with Crippen LogP contribution in [0.4, 0.5) is 0 Å². The molecule has 0 saturated carbocycles. The number of carbonyl (C=O) groups excluding carboxylic acids is 1. The van der Waals surface area contributed by atoms with Gasteiger partial charge in [-0.05, 0) is 18.2 Å². The van der Waals surface area contributed by atoms with Crippen LogP contribution >= 0.6 is 11.6 Å². The zero-order valence-corrected chi connectivity index (χ0v) is 11.5. The summed E-state index contributed by atoms with van der Waals surface area (Å²) in [5, 5.41) is 18.9. The van der Waals surface area contributed by atoms with Gasteiger partial charge >= 0.3 is 5.97 Å². The number of sulfone groups is 1. The predicted octanol–water partition coefficient (Wildman–Crippen LogP) is 0.452. The van der Waals surface area contributed by atoms with E-state index in [0.29, 0.717) is 0 Å². The van der Waals surface area contributed by atoms with Crippen molar-refractivity contribution in [1.82, 2.24) is 5.32 Å². The Morgan fingerprint density at radius 3 is 2.55 bits per heavy atom. The van der Waals surface area contributed by atoms with Crippen molar-refractivity contribution >= 4 is 33.3 Å². The van der Waals surface area contributed by atoms with Crippen molar-refractivity contribution < 1.29 is 23.1 Å². The van der Waals surface area contributed by atoms with Crippen LogP contribution in [0.3, 0.4) is 0 Å². The van der Waals surface area contributed by atoms with Crippen molar-refractivity contribution in [2.24, 2.45) is 0 Å². The molecule has 7 nitrogen and oxygen atoms in total. The molecule has 0 heterocycles. The molecule has 2 N–H and O–H groups in total. The molecule has 20 heavy (non-hydrogen) atoms.